The zero-order valence-electron chi connectivity index (χ0n) is 9.57. The molecule has 3 rings (SSSR count). The Morgan fingerprint density at radius 3 is 2.89 bits per heavy atom. The summed E-state index contributed by atoms with van der Waals surface area (Å²) in [4.78, 5) is 1.39. The van der Waals surface area contributed by atoms with Crippen molar-refractivity contribution in [3.63, 3.8) is 0 Å². The third kappa shape index (κ3) is 2.42. The van der Waals surface area contributed by atoms with E-state index in [0.29, 0.717) is 13.2 Å². The highest BCUT2D eigenvalue weighted by atomic mass is 35.7. The van der Waals surface area contributed by atoms with Gasteiger partial charge in [0.05, 0.1) is 13.2 Å². The van der Waals surface area contributed by atoms with Crippen LogP contribution < -0.4 is 4.62 Å². The van der Waals surface area contributed by atoms with Gasteiger partial charge in [0.15, 0.2) is 0 Å². The number of aromatic nitrogens is 3. The molecule has 1 aliphatic heterocycles. The van der Waals surface area contributed by atoms with Gasteiger partial charge in [-0.25, -0.2) is 4.67 Å². The molecular formula is C10H12ClN4O2P. The van der Waals surface area contributed by atoms with Crippen molar-refractivity contribution in [3.05, 3.63) is 24.3 Å². The Kier molecular flexibility index (Phi) is 3.61. The van der Waals surface area contributed by atoms with Crippen LogP contribution in [-0.4, -0.2) is 46.1 Å². The summed E-state index contributed by atoms with van der Waals surface area (Å²) in [7, 11) is -1.24. The summed E-state index contributed by atoms with van der Waals surface area (Å²) in [6.45, 7) is 2.93. The molecule has 1 aromatic heterocycles. The molecule has 18 heavy (non-hydrogen) atoms. The van der Waals surface area contributed by atoms with Gasteiger partial charge in [-0.2, -0.15) is 0 Å². The summed E-state index contributed by atoms with van der Waals surface area (Å²) in [5.74, 6) is 0. The molecule has 1 aliphatic rings. The van der Waals surface area contributed by atoms with Crippen molar-refractivity contribution in [2.75, 3.05) is 26.3 Å². The highest BCUT2D eigenvalue weighted by Crippen LogP contribution is 2.43. The van der Waals surface area contributed by atoms with Crippen molar-refractivity contribution in [1.82, 2.24) is 19.8 Å². The summed E-state index contributed by atoms with van der Waals surface area (Å²) in [5.41, 5.74) is 1.61. The minimum atomic E-state index is -1.24. The van der Waals surface area contributed by atoms with E-state index >= 15 is 0 Å². The molecule has 6 nitrogen and oxygen atoms in total. The van der Waals surface area contributed by atoms with Crippen molar-refractivity contribution >= 4 is 29.9 Å². The van der Waals surface area contributed by atoms with Gasteiger partial charge in [0.2, 0.25) is 0 Å². The van der Waals surface area contributed by atoms with Crippen molar-refractivity contribution < 1.29 is 9.36 Å². The average molecular weight is 287 g/mol. The van der Waals surface area contributed by atoms with Crippen molar-refractivity contribution in [2.24, 2.45) is 0 Å². The van der Waals surface area contributed by atoms with Gasteiger partial charge in [-0.05, 0) is 28.6 Å². The predicted molar refractivity (Wildman–Crippen MR) is 69.3 cm³/mol. The molecule has 0 aliphatic carbocycles. The van der Waals surface area contributed by atoms with Gasteiger partial charge in [-0.1, -0.05) is 17.0 Å². The molecule has 2 aromatic rings. The van der Waals surface area contributed by atoms with Gasteiger partial charge in [0, 0.05) is 13.1 Å². The van der Waals surface area contributed by atoms with Crippen LogP contribution in [0.25, 0.3) is 11.0 Å². The van der Waals surface area contributed by atoms with Gasteiger partial charge in [-0.3, -0.25) is 0 Å². The zero-order chi connectivity index (χ0) is 12.4. The van der Waals surface area contributed by atoms with E-state index in [0.717, 1.165) is 24.1 Å². The van der Waals surface area contributed by atoms with E-state index in [1.165, 1.54) is 4.85 Å². The average Bonchev–Trinajstić information content (AvgIpc) is 2.83. The van der Waals surface area contributed by atoms with Crippen LogP contribution in [0.2, 0.25) is 0 Å². The van der Waals surface area contributed by atoms with E-state index in [2.05, 4.69) is 15.0 Å². The van der Waals surface area contributed by atoms with E-state index in [1.807, 2.05) is 24.3 Å². The molecule has 1 unspecified atom stereocenters. The van der Waals surface area contributed by atoms with Crippen LogP contribution >= 0.6 is 18.9 Å². The van der Waals surface area contributed by atoms with Crippen molar-refractivity contribution in [1.29, 1.82) is 0 Å². The van der Waals surface area contributed by atoms with E-state index < -0.39 is 7.65 Å². The Hall–Kier alpha value is -0.940. The first-order chi connectivity index (χ1) is 8.84. The molecule has 0 spiro atoms. The number of fused-ring (bicyclic) bond motifs is 1. The van der Waals surface area contributed by atoms with Gasteiger partial charge in [0.1, 0.15) is 11.0 Å². The van der Waals surface area contributed by atoms with Crippen LogP contribution in [-0.2, 0) is 4.74 Å². The summed E-state index contributed by atoms with van der Waals surface area (Å²) in [5, 5.41) is 7.96. The molecule has 96 valence electrons. The normalized spacial score (nSPS) is 18.9. The number of rotatable bonds is 3. The van der Waals surface area contributed by atoms with E-state index in [1.54, 1.807) is 0 Å². The molecular weight excluding hydrogens is 275 g/mol. The van der Waals surface area contributed by atoms with Gasteiger partial charge < -0.3 is 9.36 Å². The van der Waals surface area contributed by atoms with E-state index in [4.69, 9.17) is 20.6 Å². The summed E-state index contributed by atoms with van der Waals surface area (Å²) in [6, 6.07) is 7.60. The predicted octanol–water partition coefficient (Wildman–Crippen LogP) is 1.66. The molecule has 1 saturated heterocycles. The van der Waals surface area contributed by atoms with E-state index in [-0.39, 0.29) is 0 Å². The van der Waals surface area contributed by atoms with Crippen molar-refractivity contribution in [2.45, 2.75) is 0 Å². The number of para-hydroxylation sites is 1. The quantitative estimate of drug-likeness (QED) is 0.803. The van der Waals surface area contributed by atoms with Gasteiger partial charge >= 0.3 is 0 Å². The highest BCUT2D eigenvalue weighted by molar-refractivity contribution is 7.78. The number of halogens is 1. The molecule has 0 saturated carbocycles. The second-order valence-corrected chi connectivity index (χ2v) is 5.87. The largest absolute Gasteiger partial charge is 0.379 e. The number of hydrogen-bond donors (Lipinski definition) is 0. The molecule has 1 aromatic carbocycles. The fourth-order valence-electron chi connectivity index (χ4n) is 1.73. The van der Waals surface area contributed by atoms with Crippen LogP contribution in [0.5, 0.6) is 0 Å². The second-order valence-electron chi connectivity index (χ2n) is 3.83. The zero-order valence-corrected chi connectivity index (χ0v) is 11.2. The maximum atomic E-state index is 6.28. The van der Waals surface area contributed by atoms with Crippen LogP contribution in [0.1, 0.15) is 0 Å². The first-order valence-electron chi connectivity index (χ1n) is 5.62. The SMILES string of the molecule is ClP(On1nnc2ccccc21)N1CCOCC1. The maximum Gasteiger partial charge on any atom is 0.296 e. The minimum absolute atomic E-state index is 0.688. The standard InChI is InChI=1S/C10H12ClN4O2P/c11-18(14-5-7-16-8-6-14)17-15-10-4-2-1-3-9(10)12-13-15/h1-4H,5-8H2. The Labute approximate surface area is 110 Å². The number of benzene rings is 1. The van der Waals surface area contributed by atoms with Crippen LogP contribution in [0.3, 0.4) is 0 Å². The number of ether oxygens (including phenoxy) is 1. The summed E-state index contributed by atoms with van der Waals surface area (Å²) < 4.78 is 13.0. The van der Waals surface area contributed by atoms with Gasteiger partial charge in [0.25, 0.3) is 7.65 Å². The minimum Gasteiger partial charge on any atom is -0.379 e. The van der Waals surface area contributed by atoms with Crippen molar-refractivity contribution in [3.8, 4) is 0 Å². The molecule has 0 bridgehead atoms. The maximum absolute atomic E-state index is 6.28. The molecule has 0 radical (unpaired) electrons. The lowest BCUT2D eigenvalue weighted by atomic mass is 10.3. The third-order valence-corrected chi connectivity index (χ3v) is 4.64. The lowest BCUT2D eigenvalue weighted by Crippen LogP contribution is -2.33. The van der Waals surface area contributed by atoms with Gasteiger partial charge in [-0.15, -0.1) is 5.10 Å². The Morgan fingerprint density at radius 2 is 2.06 bits per heavy atom. The monoisotopic (exact) mass is 286 g/mol. The molecule has 2 heterocycles. The van der Waals surface area contributed by atoms with E-state index in [9.17, 15) is 0 Å². The fourth-order valence-corrected chi connectivity index (χ4v) is 3.19. The topological polar surface area (TPSA) is 52.4 Å². The molecule has 1 fully saturated rings. The third-order valence-electron chi connectivity index (χ3n) is 2.68. The number of nitrogens with zero attached hydrogens (tertiary/aromatic N) is 4. The Morgan fingerprint density at radius 1 is 1.28 bits per heavy atom. The molecule has 1 atom stereocenters. The van der Waals surface area contributed by atoms with Crippen LogP contribution in [0.15, 0.2) is 24.3 Å². The molecule has 0 amide bonds. The number of hydrogen-bond acceptors (Lipinski definition) is 5. The first-order valence-corrected chi connectivity index (χ1v) is 7.74. The lowest BCUT2D eigenvalue weighted by molar-refractivity contribution is 0.0697. The number of morpholine rings is 1. The highest BCUT2D eigenvalue weighted by Gasteiger charge is 2.23. The summed E-state index contributed by atoms with van der Waals surface area (Å²) in [6.07, 6.45) is 0. The van der Waals surface area contributed by atoms with Crippen LogP contribution in [0, 0.1) is 0 Å². The van der Waals surface area contributed by atoms with Crippen LogP contribution in [0.4, 0.5) is 0 Å². The smallest absolute Gasteiger partial charge is 0.296 e. The first kappa shape index (κ1) is 12.1. The molecule has 8 heteroatoms. The Balaban J connectivity index is 1.75. The lowest BCUT2D eigenvalue weighted by Gasteiger charge is -2.28. The Bertz CT molecular complexity index is 531. The summed E-state index contributed by atoms with van der Waals surface area (Å²) >= 11 is 6.28. The fraction of sp³-hybridized carbons (Fsp3) is 0.400. The molecule has 0 N–H and O–H groups in total. The second kappa shape index (κ2) is 5.36.